The highest BCUT2D eigenvalue weighted by molar-refractivity contribution is 7.85. The fourth-order valence-electron chi connectivity index (χ4n) is 4.57. The molecule has 0 aromatic heterocycles. The summed E-state index contributed by atoms with van der Waals surface area (Å²) in [7, 11) is -4.28. The first-order chi connectivity index (χ1) is 16.8. The summed E-state index contributed by atoms with van der Waals surface area (Å²) >= 11 is 0. The van der Waals surface area contributed by atoms with E-state index in [-0.39, 0.29) is 5.91 Å². The van der Waals surface area contributed by atoms with Crippen molar-refractivity contribution < 1.29 is 22.9 Å². The number of hydrogen-bond donors (Lipinski definition) is 3. The lowest BCUT2D eigenvalue weighted by Crippen LogP contribution is -2.47. The molecule has 0 spiro atoms. The molecule has 0 aromatic carbocycles. The van der Waals surface area contributed by atoms with Gasteiger partial charge in [0.15, 0.2) is 0 Å². The molecule has 2 unspecified atom stereocenters. The minimum Gasteiger partial charge on any atom is -0.391 e. The van der Waals surface area contributed by atoms with E-state index in [0.717, 1.165) is 38.5 Å². The molecule has 35 heavy (non-hydrogen) atoms. The third-order valence-corrected chi connectivity index (χ3v) is 7.59. The van der Waals surface area contributed by atoms with Gasteiger partial charge in [0.05, 0.1) is 17.9 Å². The molecule has 0 aliphatic rings. The van der Waals surface area contributed by atoms with Crippen LogP contribution >= 0.6 is 0 Å². The van der Waals surface area contributed by atoms with Gasteiger partial charge in [0.25, 0.3) is 10.1 Å². The Balaban J connectivity index is 3.96. The maximum absolute atomic E-state index is 12.3. The van der Waals surface area contributed by atoms with Crippen LogP contribution in [0.5, 0.6) is 0 Å². The minimum absolute atomic E-state index is 0.250. The molecule has 0 heterocycles. The van der Waals surface area contributed by atoms with E-state index in [1.165, 1.54) is 89.9 Å². The van der Waals surface area contributed by atoms with Gasteiger partial charge in [0.1, 0.15) is 0 Å². The number of nitrogens with one attached hydrogen (secondary N) is 1. The van der Waals surface area contributed by atoms with E-state index in [2.05, 4.69) is 19.2 Å². The molecular weight excluding hydrogens is 462 g/mol. The van der Waals surface area contributed by atoms with Crippen LogP contribution in [0.2, 0.25) is 0 Å². The van der Waals surface area contributed by atoms with Crippen LogP contribution in [-0.2, 0) is 14.9 Å². The van der Waals surface area contributed by atoms with Gasteiger partial charge in [0.2, 0.25) is 5.91 Å². The molecule has 3 N–H and O–H groups in total. The van der Waals surface area contributed by atoms with Gasteiger partial charge in [-0.25, -0.2) is 0 Å². The summed E-state index contributed by atoms with van der Waals surface area (Å²) in [5, 5.41) is 13.1. The summed E-state index contributed by atoms with van der Waals surface area (Å²) in [6.07, 6.45) is 23.5. The van der Waals surface area contributed by atoms with Crippen molar-refractivity contribution in [3.63, 3.8) is 0 Å². The van der Waals surface area contributed by atoms with E-state index >= 15 is 0 Å². The topological polar surface area (TPSA) is 104 Å². The second-order valence-electron chi connectivity index (χ2n) is 10.4. The summed E-state index contributed by atoms with van der Waals surface area (Å²) in [5.41, 5.74) is 0. The molecule has 7 heteroatoms. The number of aliphatic hydroxyl groups excluding tert-OH is 1. The molecule has 0 rings (SSSR count). The van der Waals surface area contributed by atoms with E-state index in [1.807, 2.05) is 0 Å². The number of aliphatic hydroxyl groups is 1. The second kappa shape index (κ2) is 23.7. The van der Waals surface area contributed by atoms with Gasteiger partial charge in [-0.2, -0.15) is 8.42 Å². The molecule has 0 aromatic rings. The molecule has 0 radical (unpaired) electrons. The standard InChI is InChI=1S/C28H57NO5S/c1-3-5-7-9-11-12-13-14-15-16-18-20-22-24-28(31)29-26(25-35(32,33)34)27(30)23-21-19-17-10-8-6-4-2/h26-27,30H,3-25H2,1-2H3,(H,29,31)(H,32,33,34). The Kier molecular flexibility index (Phi) is 23.3. The predicted octanol–water partition coefficient (Wildman–Crippen LogP) is 7.34. The van der Waals surface area contributed by atoms with E-state index in [0.29, 0.717) is 12.8 Å². The van der Waals surface area contributed by atoms with Crippen LogP contribution < -0.4 is 5.32 Å². The summed E-state index contributed by atoms with van der Waals surface area (Å²) in [6, 6.07) is -0.959. The van der Waals surface area contributed by atoms with E-state index in [1.54, 1.807) is 0 Å². The Bertz CT molecular complexity index is 582. The third kappa shape index (κ3) is 24.8. The van der Waals surface area contributed by atoms with Crippen LogP contribution in [0.15, 0.2) is 0 Å². The van der Waals surface area contributed by atoms with E-state index < -0.39 is 28.0 Å². The fraction of sp³-hybridized carbons (Fsp3) is 0.964. The van der Waals surface area contributed by atoms with Crippen molar-refractivity contribution >= 4 is 16.0 Å². The number of rotatable bonds is 26. The van der Waals surface area contributed by atoms with Crippen LogP contribution in [0, 0.1) is 0 Å². The van der Waals surface area contributed by atoms with Crippen LogP contribution in [0.25, 0.3) is 0 Å². The quantitative estimate of drug-likeness (QED) is 0.0819. The maximum Gasteiger partial charge on any atom is 0.266 e. The molecule has 0 fully saturated rings. The number of carbonyl (C=O) groups is 1. The first-order valence-corrected chi connectivity index (χ1v) is 16.3. The van der Waals surface area contributed by atoms with E-state index in [4.69, 9.17) is 0 Å². The lowest BCUT2D eigenvalue weighted by Gasteiger charge is -2.23. The highest BCUT2D eigenvalue weighted by Gasteiger charge is 2.26. The van der Waals surface area contributed by atoms with Crippen molar-refractivity contribution in [3.05, 3.63) is 0 Å². The first kappa shape index (κ1) is 34.3. The molecule has 0 aliphatic carbocycles. The Labute approximate surface area is 217 Å². The molecular formula is C28H57NO5S. The molecule has 1 amide bonds. The van der Waals surface area contributed by atoms with Gasteiger partial charge >= 0.3 is 0 Å². The molecule has 0 saturated carbocycles. The summed E-state index contributed by atoms with van der Waals surface area (Å²) < 4.78 is 32.0. The van der Waals surface area contributed by atoms with Crippen molar-refractivity contribution in [1.82, 2.24) is 5.32 Å². The van der Waals surface area contributed by atoms with Crippen molar-refractivity contribution in [2.75, 3.05) is 5.75 Å². The minimum atomic E-state index is -4.28. The Morgan fingerprint density at radius 2 is 1.03 bits per heavy atom. The zero-order valence-electron chi connectivity index (χ0n) is 22.9. The summed E-state index contributed by atoms with van der Waals surface area (Å²) in [4.78, 5) is 12.3. The molecule has 0 aliphatic heterocycles. The molecule has 2 atom stereocenters. The number of hydrogen-bond acceptors (Lipinski definition) is 4. The van der Waals surface area contributed by atoms with Gasteiger partial charge in [-0.05, 0) is 12.8 Å². The summed E-state index contributed by atoms with van der Waals surface area (Å²) in [6.45, 7) is 4.43. The zero-order valence-corrected chi connectivity index (χ0v) is 23.8. The zero-order chi connectivity index (χ0) is 26.2. The van der Waals surface area contributed by atoms with Crippen LogP contribution in [0.4, 0.5) is 0 Å². The average Bonchev–Trinajstić information content (AvgIpc) is 2.80. The molecule has 0 bridgehead atoms. The van der Waals surface area contributed by atoms with Crippen LogP contribution in [-0.4, -0.2) is 41.9 Å². The normalized spacial score (nSPS) is 13.6. The number of carbonyl (C=O) groups excluding carboxylic acids is 1. The predicted molar refractivity (Wildman–Crippen MR) is 147 cm³/mol. The van der Waals surface area contributed by atoms with E-state index in [9.17, 15) is 22.9 Å². The third-order valence-electron chi connectivity index (χ3n) is 6.81. The molecule has 210 valence electrons. The molecule has 6 nitrogen and oxygen atoms in total. The van der Waals surface area contributed by atoms with Crippen LogP contribution in [0.1, 0.15) is 155 Å². The first-order valence-electron chi connectivity index (χ1n) is 14.7. The van der Waals surface area contributed by atoms with Gasteiger partial charge in [0, 0.05) is 6.42 Å². The van der Waals surface area contributed by atoms with Gasteiger partial charge < -0.3 is 10.4 Å². The Morgan fingerprint density at radius 3 is 1.43 bits per heavy atom. The van der Waals surface area contributed by atoms with Gasteiger partial charge in [-0.15, -0.1) is 0 Å². The highest BCUT2D eigenvalue weighted by Crippen LogP contribution is 2.14. The highest BCUT2D eigenvalue weighted by atomic mass is 32.2. The van der Waals surface area contributed by atoms with Gasteiger partial charge in [-0.3, -0.25) is 9.35 Å². The Morgan fingerprint density at radius 1 is 0.657 bits per heavy atom. The molecule has 0 saturated heterocycles. The van der Waals surface area contributed by atoms with Crippen molar-refractivity contribution in [3.8, 4) is 0 Å². The maximum atomic E-state index is 12.3. The largest absolute Gasteiger partial charge is 0.391 e. The lowest BCUT2D eigenvalue weighted by molar-refractivity contribution is -0.122. The monoisotopic (exact) mass is 519 g/mol. The Hall–Kier alpha value is -0.660. The van der Waals surface area contributed by atoms with Crippen molar-refractivity contribution in [2.45, 2.75) is 167 Å². The smallest absolute Gasteiger partial charge is 0.266 e. The van der Waals surface area contributed by atoms with Crippen molar-refractivity contribution in [2.24, 2.45) is 0 Å². The average molecular weight is 520 g/mol. The van der Waals surface area contributed by atoms with Crippen LogP contribution in [0.3, 0.4) is 0 Å². The SMILES string of the molecule is CCCCCCCCCCCCCCCC(=O)NC(CS(=O)(=O)O)C(O)CCCCCCCCC. The van der Waals surface area contributed by atoms with Crippen molar-refractivity contribution in [1.29, 1.82) is 0 Å². The van der Waals surface area contributed by atoms with Gasteiger partial charge in [-0.1, -0.05) is 136 Å². The fourth-order valence-corrected chi connectivity index (χ4v) is 5.33. The summed E-state index contributed by atoms with van der Waals surface area (Å²) in [5.74, 6) is -0.894. The number of amides is 1. The second-order valence-corrected chi connectivity index (χ2v) is 11.9. The lowest BCUT2D eigenvalue weighted by atomic mass is 10.0. The number of unbranched alkanes of at least 4 members (excludes halogenated alkanes) is 18.